The van der Waals surface area contributed by atoms with Gasteiger partial charge in [0.15, 0.2) is 23.3 Å². The van der Waals surface area contributed by atoms with Crippen molar-refractivity contribution in [3.05, 3.63) is 121 Å². The summed E-state index contributed by atoms with van der Waals surface area (Å²) in [5.74, 6) is 1.89. The Balaban J connectivity index is 0.00000348. The van der Waals surface area contributed by atoms with Crippen molar-refractivity contribution in [1.82, 2.24) is 39.9 Å². The van der Waals surface area contributed by atoms with E-state index in [1.807, 2.05) is 91.0 Å². The van der Waals surface area contributed by atoms with Crippen molar-refractivity contribution < 1.29 is 34.1 Å². The Morgan fingerprint density at radius 1 is 0.471 bits per heavy atom. The number of carboxylic acids is 1. The maximum atomic E-state index is 11.3. The molecule has 12 heteroatoms. The number of aromatic nitrogens is 8. The molecular weight excluding hydrogens is 694 g/mol. The summed E-state index contributed by atoms with van der Waals surface area (Å²) in [6.45, 7) is 0. The van der Waals surface area contributed by atoms with Crippen LogP contribution in [0.1, 0.15) is 10.4 Å². The van der Waals surface area contributed by atoms with Crippen molar-refractivity contribution in [3.8, 4) is 57.1 Å². The molecule has 3 N–H and O–H groups in total. The maximum absolute atomic E-state index is 11.3. The van der Waals surface area contributed by atoms with Crippen LogP contribution in [-0.2, 0) is 19.5 Å². The van der Waals surface area contributed by atoms with Gasteiger partial charge in [-0.1, -0.05) is 72.8 Å². The molecule has 236 valence electrons. The van der Waals surface area contributed by atoms with Crippen LogP contribution < -0.4 is 4.74 Å². The molecule has 2 aliphatic heterocycles. The Labute approximate surface area is 300 Å². The second-order valence-electron chi connectivity index (χ2n) is 11.9. The third-order valence-electron chi connectivity index (χ3n) is 8.86. The van der Waals surface area contributed by atoms with Gasteiger partial charge < -0.3 is 19.8 Å². The van der Waals surface area contributed by atoms with Gasteiger partial charge in [-0.3, -0.25) is 0 Å². The summed E-state index contributed by atoms with van der Waals surface area (Å²) >= 11 is 0. The number of benzene rings is 5. The van der Waals surface area contributed by atoms with E-state index < -0.39 is 5.97 Å². The summed E-state index contributed by atoms with van der Waals surface area (Å²) in [7, 11) is 0. The largest absolute Gasteiger partial charge is 2.00 e. The fourth-order valence-electron chi connectivity index (χ4n) is 6.49. The van der Waals surface area contributed by atoms with Crippen LogP contribution in [0.4, 0.5) is 0 Å². The zero-order valence-electron chi connectivity index (χ0n) is 26.6. The van der Waals surface area contributed by atoms with Gasteiger partial charge in [-0.2, -0.15) is 0 Å². The molecule has 11 nitrogen and oxygen atoms in total. The van der Waals surface area contributed by atoms with Gasteiger partial charge in [-0.15, -0.1) is 0 Å². The molecule has 0 aliphatic carbocycles. The Bertz CT molecular complexity index is 2900. The van der Waals surface area contributed by atoms with Crippen LogP contribution in [0, 0.1) is 0 Å². The van der Waals surface area contributed by atoms with E-state index in [0.717, 1.165) is 38.2 Å². The molecule has 8 aromatic rings. The first kappa shape index (κ1) is 30.4. The minimum Gasteiger partial charge on any atom is -0.478 e. The third-order valence-corrected chi connectivity index (χ3v) is 8.86. The number of carboxylic acid groups (broad SMARTS) is 1. The summed E-state index contributed by atoms with van der Waals surface area (Å²) in [5, 5.41) is 12.9. The van der Waals surface area contributed by atoms with Crippen LogP contribution in [0.3, 0.4) is 0 Å². The van der Waals surface area contributed by atoms with Gasteiger partial charge in [0.2, 0.25) is 0 Å². The molecule has 3 aromatic heterocycles. The SMILES string of the molecule is O=C(O)c1ccc(Oc2ccc3c(c2)-c2nc4nc(nc5[nH]c(nc6[nH]c(nc-3n2)c2ccccc62)c2ccccc52)-c2ccccc2-4)cc1.[Zn+2]. The summed E-state index contributed by atoms with van der Waals surface area (Å²) in [6, 6.07) is 35.6. The van der Waals surface area contributed by atoms with Crippen molar-refractivity contribution >= 4 is 50.1 Å². The molecule has 0 atom stereocenters. The van der Waals surface area contributed by atoms with Crippen molar-refractivity contribution in [3.63, 3.8) is 0 Å². The van der Waals surface area contributed by atoms with Gasteiger partial charge in [0.05, 0.1) is 5.56 Å². The molecule has 0 unspecified atom stereocenters. The van der Waals surface area contributed by atoms with Crippen molar-refractivity contribution in [2.45, 2.75) is 0 Å². The normalized spacial score (nSPS) is 11.5. The van der Waals surface area contributed by atoms with E-state index >= 15 is 0 Å². The monoisotopic (exact) mass is 714 g/mol. The van der Waals surface area contributed by atoms with Gasteiger partial charge in [0.1, 0.15) is 34.1 Å². The fraction of sp³-hybridized carbons (Fsp3) is 0. The predicted molar refractivity (Wildman–Crippen MR) is 190 cm³/mol. The smallest absolute Gasteiger partial charge is 0.478 e. The number of nitrogens with zero attached hydrogens (tertiary/aromatic N) is 6. The van der Waals surface area contributed by atoms with Crippen LogP contribution >= 0.6 is 0 Å². The zero-order chi connectivity index (χ0) is 33.3. The number of hydrogen-bond donors (Lipinski definition) is 3. The van der Waals surface area contributed by atoms with Crippen LogP contribution in [0.2, 0.25) is 0 Å². The topological polar surface area (TPSA) is 155 Å². The third kappa shape index (κ3) is 5.03. The number of H-pyrrole nitrogens is 2. The number of ether oxygens (including phenoxy) is 1. The first-order valence-corrected chi connectivity index (χ1v) is 15.8. The zero-order valence-corrected chi connectivity index (χ0v) is 29.6. The first-order valence-electron chi connectivity index (χ1n) is 15.8. The van der Waals surface area contributed by atoms with Crippen LogP contribution in [-0.4, -0.2) is 50.9 Å². The predicted octanol–water partition coefficient (Wildman–Crippen LogP) is 8.36. The Morgan fingerprint density at radius 2 is 0.882 bits per heavy atom. The molecule has 8 bridgehead atoms. The number of hydrogen-bond acceptors (Lipinski definition) is 8. The summed E-state index contributed by atoms with van der Waals surface area (Å²) in [6.07, 6.45) is 0. The van der Waals surface area contributed by atoms with Crippen LogP contribution in [0.5, 0.6) is 11.5 Å². The number of nitrogens with one attached hydrogen (secondary N) is 2. The van der Waals surface area contributed by atoms with Crippen molar-refractivity contribution in [1.29, 1.82) is 0 Å². The Morgan fingerprint density at radius 3 is 1.39 bits per heavy atom. The Hall–Kier alpha value is -6.65. The van der Waals surface area contributed by atoms with Gasteiger partial charge >= 0.3 is 25.4 Å². The number of fused-ring (bicyclic) bond motifs is 20. The summed E-state index contributed by atoms with van der Waals surface area (Å²) in [5.41, 5.74) is 5.88. The maximum Gasteiger partial charge on any atom is 2.00 e. The quantitative estimate of drug-likeness (QED) is 0.153. The standard InChI is InChI=1S/C39H22N8O3.Zn/c48-39(49)20-13-15-21(16-14-20)50-22-17-18-29-30(19-22)38-46-36-28-12-6-5-11-27(28)34(44-36)42-32-24-8-2-1-7-23(24)31(40-32)41-33-25-9-3-4-10-26(25)35(43-33)45-37(29)47-38;/h1-19H,(H,48,49)(H2,40,41,42,43,44,45,46,47);/q;+2. The van der Waals surface area contributed by atoms with E-state index in [1.165, 1.54) is 12.1 Å². The van der Waals surface area contributed by atoms with Crippen LogP contribution in [0.25, 0.3) is 89.7 Å². The molecule has 0 amide bonds. The molecule has 0 saturated heterocycles. The molecule has 0 radical (unpaired) electrons. The number of aromatic amines is 2. The molecule has 0 saturated carbocycles. The van der Waals surface area contributed by atoms with E-state index in [-0.39, 0.29) is 25.0 Å². The fourth-order valence-corrected chi connectivity index (χ4v) is 6.49. The van der Waals surface area contributed by atoms with Gasteiger partial charge in [-0.05, 0) is 42.5 Å². The average molecular weight is 716 g/mol. The van der Waals surface area contributed by atoms with E-state index in [4.69, 9.17) is 34.6 Å². The van der Waals surface area contributed by atoms with Gasteiger partial charge in [0, 0.05) is 43.8 Å². The average Bonchev–Trinajstić information content (AvgIpc) is 3.87. The van der Waals surface area contributed by atoms with E-state index in [1.54, 1.807) is 12.1 Å². The Kier molecular flexibility index (Phi) is 7.01. The number of rotatable bonds is 3. The second kappa shape index (κ2) is 11.8. The first-order chi connectivity index (χ1) is 24.6. The molecule has 0 spiro atoms. The number of carbonyl (C=O) groups is 1. The van der Waals surface area contributed by atoms with Gasteiger partial charge in [-0.25, -0.2) is 34.7 Å². The molecule has 2 aliphatic rings. The molecular formula is C39H22N8O3Zn+2. The molecule has 10 rings (SSSR count). The molecule has 51 heavy (non-hydrogen) atoms. The minimum absolute atomic E-state index is 0. The van der Waals surface area contributed by atoms with E-state index in [9.17, 15) is 9.90 Å². The number of aromatic carboxylic acids is 1. The summed E-state index contributed by atoms with van der Waals surface area (Å²) in [4.78, 5) is 48.3. The second-order valence-corrected chi connectivity index (χ2v) is 11.9. The van der Waals surface area contributed by atoms with Crippen molar-refractivity contribution in [2.24, 2.45) is 0 Å². The van der Waals surface area contributed by atoms with Gasteiger partial charge in [0.25, 0.3) is 0 Å². The molecule has 5 heterocycles. The van der Waals surface area contributed by atoms with E-state index in [0.29, 0.717) is 62.9 Å². The van der Waals surface area contributed by atoms with E-state index in [2.05, 4.69) is 9.97 Å². The minimum atomic E-state index is -1.00. The molecule has 0 fully saturated rings. The van der Waals surface area contributed by atoms with Crippen LogP contribution in [0.15, 0.2) is 115 Å². The van der Waals surface area contributed by atoms with Crippen molar-refractivity contribution in [2.75, 3.05) is 0 Å². The molecule has 5 aromatic carbocycles. The summed E-state index contributed by atoms with van der Waals surface area (Å²) < 4.78 is 6.15.